The van der Waals surface area contributed by atoms with Crippen molar-refractivity contribution < 1.29 is 4.52 Å². The molecule has 234 valence electrons. The average molecular weight is 624 g/mol. The van der Waals surface area contributed by atoms with E-state index in [0.717, 1.165) is 23.2 Å². The Hall–Kier alpha value is -5.74. The molecule has 0 N–H and O–H groups in total. The van der Waals surface area contributed by atoms with Crippen molar-refractivity contribution in [2.24, 2.45) is 0 Å². The smallest absolute Gasteiger partial charge is 0.258 e. The van der Waals surface area contributed by atoms with Crippen LogP contribution in [0.5, 0.6) is 0 Å². The Balaban J connectivity index is 1.19. The molecule has 2 heterocycles. The molecule has 8 aromatic rings. The van der Waals surface area contributed by atoms with Crippen LogP contribution >= 0.6 is 0 Å². The second kappa shape index (κ2) is 11.8. The Morgan fingerprint density at radius 3 is 2.15 bits per heavy atom. The Morgan fingerprint density at radius 1 is 0.625 bits per heavy atom. The summed E-state index contributed by atoms with van der Waals surface area (Å²) < 4.78 is 8.04. The summed E-state index contributed by atoms with van der Waals surface area (Å²) in [5.74, 6) is 1.11. The zero-order valence-corrected chi connectivity index (χ0v) is 27.7. The molecule has 0 bridgehead atoms. The Labute approximate surface area is 281 Å². The summed E-state index contributed by atoms with van der Waals surface area (Å²) in [4.78, 5) is 4.64. The van der Waals surface area contributed by atoms with E-state index >= 15 is 0 Å². The molecule has 0 unspecified atom stereocenters. The highest BCUT2D eigenvalue weighted by molar-refractivity contribution is 6.09. The maximum Gasteiger partial charge on any atom is 0.258 e. The van der Waals surface area contributed by atoms with Gasteiger partial charge in [0.15, 0.2) is 0 Å². The first-order chi connectivity index (χ1) is 23.3. The number of aromatic nitrogens is 3. The third-order valence-corrected chi connectivity index (χ3v) is 9.38. The molecule has 4 nitrogen and oxygen atoms in total. The molecule has 0 aliphatic carbocycles. The molecule has 0 aliphatic rings. The van der Waals surface area contributed by atoms with Crippen molar-refractivity contribution >= 4 is 21.8 Å². The molecule has 4 heteroatoms. The van der Waals surface area contributed by atoms with Crippen LogP contribution in [0.25, 0.3) is 61.5 Å². The summed E-state index contributed by atoms with van der Waals surface area (Å²) in [6.45, 7) is 9.03. The summed E-state index contributed by atoms with van der Waals surface area (Å²) in [6, 6.07) is 49.7. The molecule has 0 amide bonds. The maximum atomic E-state index is 5.62. The van der Waals surface area contributed by atoms with E-state index in [0.29, 0.717) is 11.7 Å². The molecule has 0 atom stereocenters. The van der Waals surface area contributed by atoms with E-state index in [1.54, 1.807) is 0 Å². The van der Waals surface area contributed by atoms with Gasteiger partial charge < -0.3 is 9.09 Å². The summed E-state index contributed by atoms with van der Waals surface area (Å²) in [7, 11) is 0. The first-order valence-corrected chi connectivity index (χ1v) is 16.5. The van der Waals surface area contributed by atoms with Gasteiger partial charge in [0.05, 0.1) is 11.0 Å². The zero-order valence-electron chi connectivity index (χ0n) is 27.7. The first-order valence-electron chi connectivity index (χ1n) is 16.5. The number of hydrogen-bond acceptors (Lipinski definition) is 3. The van der Waals surface area contributed by atoms with Crippen LogP contribution in [0, 0.1) is 6.92 Å². The van der Waals surface area contributed by atoms with Gasteiger partial charge in [0.1, 0.15) is 0 Å². The van der Waals surface area contributed by atoms with Gasteiger partial charge in [-0.1, -0.05) is 123 Å². The van der Waals surface area contributed by atoms with E-state index in [9.17, 15) is 0 Å². The van der Waals surface area contributed by atoms with E-state index in [4.69, 9.17) is 4.52 Å². The van der Waals surface area contributed by atoms with Gasteiger partial charge in [0.2, 0.25) is 5.82 Å². The first kappa shape index (κ1) is 29.6. The number of benzene rings is 6. The highest BCUT2D eigenvalue weighted by Crippen LogP contribution is 2.37. The van der Waals surface area contributed by atoms with Crippen LogP contribution in [0.1, 0.15) is 43.0 Å². The molecule has 8 rings (SSSR count). The fourth-order valence-electron chi connectivity index (χ4n) is 6.73. The lowest BCUT2D eigenvalue weighted by Gasteiger charge is -2.19. The van der Waals surface area contributed by atoms with Gasteiger partial charge in [-0.3, -0.25) is 0 Å². The average Bonchev–Trinajstić information content (AvgIpc) is 3.73. The van der Waals surface area contributed by atoms with Crippen LogP contribution < -0.4 is 0 Å². The van der Waals surface area contributed by atoms with Crippen molar-refractivity contribution in [1.29, 1.82) is 0 Å². The standard InChI is InChI=1S/C44H37N3O/c1-29-12-8-9-15-36(29)38-28-35(47-40-17-11-10-16-37(40)39-27-34(44(2,3)4)23-25-41(39)47)24-22-33(38)26-30-18-20-32(21-19-30)43-45-42(46-48-43)31-13-6-5-7-14-31/h5-25,27-28H,26H2,1-4H3. The quantitative estimate of drug-likeness (QED) is 0.185. The number of aryl methyl sites for hydroxylation is 1. The number of rotatable bonds is 6. The number of para-hydroxylation sites is 1. The third-order valence-electron chi connectivity index (χ3n) is 9.38. The summed E-state index contributed by atoms with van der Waals surface area (Å²) >= 11 is 0. The van der Waals surface area contributed by atoms with E-state index in [-0.39, 0.29) is 5.41 Å². The van der Waals surface area contributed by atoms with E-state index in [1.165, 1.54) is 55.2 Å². The third kappa shape index (κ3) is 5.39. The molecule has 2 aromatic heterocycles. The van der Waals surface area contributed by atoms with Crippen molar-refractivity contribution in [3.63, 3.8) is 0 Å². The molecular formula is C44H37N3O. The normalized spacial score (nSPS) is 11.8. The van der Waals surface area contributed by atoms with Crippen LogP contribution in [-0.2, 0) is 11.8 Å². The summed E-state index contributed by atoms with van der Waals surface area (Å²) in [6.07, 6.45) is 0.797. The number of fused-ring (bicyclic) bond motifs is 3. The molecule has 6 aromatic carbocycles. The van der Waals surface area contributed by atoms with Gasteiger partial charge >= 0.3 is 0 Å². The molecule has 0 saturated heterocycles. The van der Waals surface area contributed by atoms with E-state index in [2.05, 4.69) is 152 Å². The number of nitrogens with zero attached hydrogens (tertiary/aromatic N) is 3. The minimum atomic E-state index is 0.0751. The van der Waals surface area contributed by atoms with Crippen LogP contribution in [0.4, 0.5) is 0 Å². The van der Waals surface area contributed by atoms with Gasteiger partial charge in [-0.25, -0.2) is 0 Å². The summed E-state index contributed by atoms with van der Waals surface area (Å²) in [5.41, 5.74) is 13.1. The predicted octanol–water partition coefficient (Wildman–Crippen LogP) is 11.4. The van der Waals surface area contributed by atoms with Crippen molar-refractivity contribution in [2.45, 2.75) is 39.5 Å². The topological polar surface area (TPSA) is 43.9 Å². The fraction of sp³-hybridized carbons (Fsp3) is 0.136. The van der Waals surface area contributed by atoms with Crippen LogP contribution in [-0.4, -0.2) is 14.7 Å². The zero-order chi connectivity index (χ0) is 32.8. The van der Waals surface area contributed by atoms with Crippen molar-refractivity contribution in [1.82, 2.24) is 14.7 Å². The Kier molecular flexibility index (Phi) is 7.29. The van der Waals surface area contributed by atoms with E-state index < -0.39 is 0 Å². The van der Waals surface area contributed by atoms with Crippen molar-refractivity contribution in [3.8, 4) is 39.7 Å². The monoisotopic (exact) mass is 623 g/mol. The summed E-state index contributed by atoms with van der Waals surface area (Å²) in [5, 5.41) is 6.76. The molecule has 0 aliphatic heterocycles. The molecule has 0 saturated carbocycles. The lowest BCUT2D eigenvalue weighted by molar-refractivity contribution is 0.432. The Bertz CT molecular complexity index is 2410. The predicted molar refractivity (Wildman–Crippen MR) is 198 cm³/mol. The minimum absolute atomic E-state index is 0.0751. The second-order valence-electron chi connectivity index (χ2n) is 13.7. The fourth-order valence-corrected chi connectivity index (χ4v) is 6.73. The lowest BCUT2D eigenvalue weighted by Crippen LogP contribution is -2.10. The van der Waals surface area contributed by atoms with E-state index in [1.807, 2.05) is 30.3 Å². The molecular weight excluding hydrogens is 587 g/mol. The SMILES string of the molecule is Cc1ccccc1-c1cc(-n2c3ccccc3c3cc(C(C)(C)C)ccc32)ccc1Cc1ccc(-c2nc(-c3ccccc3)no2)cc1. The van der Waals surface area contributed by atoms with Crippen LogP contribution in [0.15, 0.2) is 144 Å². The van der Waals surface area contributed by atoms with Gasteiger partial charge in [-0.05, 0) is 94.6 Å². The Morgan fingerprint density at radius 2 is 1.35 bits per heavy atom. The van der Waals surface area contributed by atoms with Crippen LogP contribution in [0.3, 0.4) is 0 Å². The molecule has 0 fully saturated rings. The highest BCUT2D eigenvalue weighted by atomic mass is 16.5. The van der Waals surface area contributed by atoms with Gasteiger partial charge in [-0.15, -0.1) is 0 Å². The minimum Gasteiger partial charge on any atom is -0.334 e. The second-order valence-corrected chi connectivity index (χ2v) is 13.7. The van der Waals surface area contributed by atoms with Gasteiger partial charge in [0, 0.05) is 27.6 Å². The maximum absolute atomic E-state index is 5.62. The highest BCUT2D eigenvalue weighted by Gasteiger charge is 2.19. The van der Waals surface area contributed by atoms with Crippen molar-refractivity contribution in [3.05, 3.63) is 162 Å². The lowest BCUT2D eigenvalue weighted by atomic mass is 9.86. The molecule has 0 radical (unpaired) electrons. The van der Waals surface area contributed by atoms with Gasteiger partial charge in [0.25, 0.3) is 5.89 Å². The molecule has 48 heavy (non-hydrogen) atoms. The van der Waals surface area contributed by atoms with Crippen molar-refractivity contribution in [2.75, 3.05) is 0 Å². The molecule has 0 spiro atoms. The van der Waals surface area contributed by atoms with Crippen LogP contribution in [0.2, 0.25) is 0 Å². The largest absolute Gasteiger partial charge is 0.334 e. The van der Waals surface area contributed by atoms with Gasteiger partial charge in [-0.2, -0.15) is 4.98 Å². The number of hydrogen-bond donors (Lipinski definition) is 0.